The predicted octanol–water partition coefficient (Wildman–Crippen LogP) is 8.44. The summed E-state index contributed by atoms with van der Waals surface area (Å²) in [5.74, 6) is -0.344. The van der Waals surface area contributed by atoms with Crippen LogP contribution in [0.2, 0.25) is 0 Å². The minimum atomic E-state index is -0.567. The zero-order valence-electron chi connectivity index (χ0n) is 31.2. The van der Waals surface area contributed by atoms with E-state index in [0.717, 1.165) is 17.2 Å². The molecule has 0 spiro atoms. The Kier molecular flexibility index (Phi) is 13.8. The molecule has 0 saturated carbocycles. The van der Waals surface area contributed by atoms with E-state index in [0.29, 0.717) is 31.7 Å². The van der Waals surface area contributed by atoms with E-state index in [9.17, 15) is 23.5 Å². The van der Waals surface area contributed by atoms with E-state index in [1.807, 2.05) is 84.0 Å². The van der Waals surface area contributed by atoms with Crippen LogP contribution in [-0.4, -0.2) is 68.7 Å². The third-order valence-electron chi connectivity index (χ3n) is 8.22. The second-order valence-electron chi connectivity index (χ2n) is 14.9. The van der Waals surface area contributed by atoms with Crippen LogP contribution in [0.3, 0.4) is 0 Å². The van der Waals surface area contributed by atoms with E-state index in [4.69, 9.17) is 19.3 Å². The van der Waals surface area contributed by atoms with Crippen LogP contribution in [0.1, 0.15) is 63.8 Å². The molecule has 284 valence electrons. The van der Waals surface area contributed by atoms with Crippen LogP contribution < -0.4 is 4.74 Å². The molecule has 2 N–H and O–H groups in total. The van der Waals surface area contributed by atoms with Crippen LogP contribution in [0.25, 0.3) is 0 Å². The van der Waals surface area contributed by atoms with Crippen molar-refractivity contribution in [2.75, 3.05) is 13.2 Å². The van der Waals surface area contributed by atoms with Crippen molar-refractivity contribution in [2.45, 2.75) is 90.8 Å². The van der Waals surface area contributed by atoms with Crippen molar-refractivity contribution in [2.24, 2.45) is 0 Å². The highest BCUT2D eigenvalue weighted by Crippen LogP contribution is 2.27. The van der Waals surface area contributed by atoms with Crippen molar-refractivity contribution in [3.05, 3.63) is 131 Å². The van der Waals surface area contributed by atoms with Gasteiger partial charge in [0.2, 0.25) is 0 Å². The number of carbonyl (C=O) groups excluding carboxylic acids is 2. The monoisotopic (exact) mass is 732 g/mol. The van der Waals surface area contributed by atoms with E-state index in [1.165, 1.54) is 41.5 Å². The zero-order chi connectivity index (χ0) is 38.8. The van der Waals surface area contributed by atoms with Crippen molar-refractivity contribution < 1.29 is 42.8 Å². The van der Waals surface area contributed by atoms with Gasteiger partial charge in [-0.05, 0) is 101 Å². The summed E-state index contributed by atoms with van der Waals surface area (Å²) in [4.78, 5) is 28.2. The second-order valence-corrected chi connectivity index (χ2v) is 14.9. The van der Waals surface area contributed by atoms with Gasteiger partial charge in [-0.1, -0.05) is 60.7 Å². The number of phenols is 1. The van der Waals surface area contributed by atoms with Crippen molar-refractivity contribution >= 4 is 12.2 Å². The van der Waals surface area contributed by atoms with Crippen LogP contribution in [0.15, 0.2) is 97.1 Å². The predicted molar refractivity (Wildman–Crippen MR) is 198 cm³/mol. The van der Waals surface area contributed by atoms with Crippen molar-refractivity contribution in [3.8, 4) is 11.5 Å². The number of hydrogen-bond donors (Lipinski definition) is 2. The lowest BCUT2D eigenvalue weighted by atomic mass is 9.94. The lowest BCUT2D eigenvalue weighted by Gasteiger charge is -2.37. The molecular weight excluding hydrogens is 682 g/mol. The number of ether oxygens (including phenoxy) is 3. The summed E-state index contributed by atoms with van der Waals surface area (Å²) >= 11 is 0. The van der Waals surface area contributed by atoms with Gasteiger partial charge in [-0.25, -0.2) is 18.4 Å². The van der Waals surface area contributed by atoms with Crippen molar-refractivity contribution in [3.63, 3.8) is 0 Å². The molecular formula is C42H50F2N2O7. The first-order chi connectivity index (χ1) is 25.0. The van der Waals surface area contributed by atoms with Crippen LogP contribution in [0.5, 0.6) is 11.5 Å². The van der Waals surface area contributed by atoms with Gasteiger partial charge in [0.15, 0.2) is 0 Å². The molecule has 2 atom stereocenters. The molecule has 4 aromatic rings. The number of hydrogen-bond acceptors (Lipinski definition) is 7. The molecule has 9 nitrogen and oxygen atoms in total. The summed E-state index contributed by atoms with van der Waals surface area (Å²) in [6.45, 7) is 12.3. The molecule has 0 fully saturated rings. The van der Waals surface area contributed by atoms with Crippen LogP contribution in [0.4, 0.5) is 18.4 Å². The Bertz CT molecular complexity index is 1800. The van der Waals surface area contributed by atoms with E-state index in [-0.39, 0.29) is 49.1 Å². The smallest absolute Gasteiger partial charge is 0.410 e. The number of halogens is 2. The molecule has 53 heavy (non-hydrogen) atoms. The van der Waals surface area contributed by atoms with Gasteiger partial charge in [0, 0.05) is 25.2 Å². The normalized spacial score (nSPS) is 16.4. The molecule has 6 rings (SSSR count). The number of fused-ring (bicyclic) bond motifs is 2. The van der Waals surface area contributed by atoms with Gasteiger partial charge in [-0.2, -0.15) is 0 Å². The molecule has 2 aliphatic heterocycles. The Labute approximate surface area is 310 Å². The molecule has 0 aliphatic carbocycles. The molecule has 0 saturated heterocycles. The number of amides is 2. The first-order valence-electron chi connectivity index (χ1n) is 17.6. The highest BCUT2D eigenvalue weighted by Gasteiger charge is 2.34. The van der Waals surface area contributed by atoms with Gasteiger partial charge in [0.1, 0.15) is 40.9 Å². The van der Waals surface area contributed by atoms with E-state index in [1.54, 1.807) is 21.9 Å². The van der Waals surface area contributed by atoms with Crippen LogP contribution in [-0.2, 0) is 35.4 Å². The number of rotatable bonds is 4. The maximum absolute atomic E-state index is 13.4. The molecule has 2 aliphatic rings. The lowest BCUT2D eigenvalue weighted by molar-refractivity contribution is 0.00428. The quantitative estimate of drug-likeness (QED) is 0.217. The summed E-state index contributed by atoms with van der Waals surface area (Å²) in [7, 11) is 0. The van der Waals surface area contributed by atoms with Gasteiger partial charge in [-0.15, -0.1) is 0 Å². The molecule has 0 unspecified atom stereocenters. The third-order valence-corrected chi connectivity index (χ3v) is 8.22. The Morgan fingerprint density at radius 2 is 1.11 bits per heavy atom. The summed E-state index contributed by atoms with van der Waals surface area (Å²) in [6, 6.07) is 26.9. The zero-order valence-corrected chi connectivity index (χ0v) is 31.2. The van der Waals surface area contributed by atoms with Crippen LogP contribution in [0, 0.1) is 11.6 Å². The van der Waals surface area contributed by atoms with Gasteiger partial charge in [0.25, 0.3) is 0 Å². The molecule has 0 radical (unpaired) electrons. The Morgan fingerprint density at radius 1 is 0.660 bits per heavy atom. The highest BCUT2D eigenvalue weighted by molar-refractivity contribution is 5.70. The number of carbonyl (C=O) groups is 2. The summed E-state index contributed by atoms with van der Waals surface area (Å²) in [5, 5.41) is 18.1. The number of aliphatic hydroxyl groups is 1. The number of aromatic hydroxyl groups is 1. The molecule has 0 bridgehead atoms. The lowest BCUT2D eigenvalue weighted by Crippen LogP contribution is -2.49. The minimum Gasteiger partial charge on any atom is -0.508 e. The second kappa shape index (κ2) is 18.1. The fourth-order valence-corrected chi connectivity index (χ4v) is 5.78. The Morgan fingerprint density at radius 3 is 1.55 bits per heavy atom. The van der Waals surface area contributed by atoms with Crippen LogP contribution >= 0.6 is 0 Å². The maximum atomic E-state index is 13.4. The summed E-state index contributed by atoms with van der Waals surface area (Å²) in [5.41, 5.74) is 3.54. The largest absolute Gasteiger partial charge is 0.508 e. The molecule has 0 aromatic heterocycles. The van der Waals surface area contributed by atoms with E-state index in [2.05, 4.69) is 6.07 Å². The van der Waals surface area contributed by atoms with Crippen molar-refractivity contribution in [1.82, 2.24) is 9.80 Å². The fraction of sp³-hybridized carbons (Fsp3) is 0.381. The maximum Gasteiger partial charge on any atom is 0.410 e. The fourth-order valence-electron chi connectivity index (χ4n) is 5.78. The van der Waals surface area contributed by atoms with E-state index >= 15 is 0 Å². The number of benzene rings is 4. The Hall–Kier alpha value is -5.16. The molecule has 11 heteroatoms. The molecule has 2 heterocycles. The third kappa shape index (κ3) is 12.8. The summed E-state index contributed by atoms with van der Waals surface area (Å²) < 4.78 is 42.1. The molecule has 4 aromatic carbocycles. The number of nitrogens with zero attached hydrogens (tertiary/aromatic N) is 2. The average molecular weight is 733 g/mol. The van der Waals surface area contributed by atoms with Gasteiger partial charge in [0.05, 0.1) is 18.7 Å². The topological polar surface area (TPSA) is 109 Å². The molecule has 2 amide bonds. The first-order valence-corrected chi connectivity index (χ1v) is 17.6. The minimum absolute atomic E-state index is 0.0370. The first kappa shape index (κ1) is 40.6. The number of aliphatic hydroxyl groups excluding tert-OH is 1. The average Bonchev–Trinajstić information content (AvgIpc) is 3.08. The summed E-state index contributed by atoms with van der Waals surface area (Å²) in [6.07, 6.45) is 0.623. The van der Waals surface area contributed by atoms with Gasteiger partial charge < -0.3 is 24.4 Å². The standard InChI is InChI=1S/C21H24FNO3.C15H21NO3.C6H5FO/c1-21(2,3)26-20(24)23-13-16-8-5-4-7-15(16)11-18(23)14-25-19-10-6-9-17(22)12-19;1-15(2,3)19-14(18)16-9-12-7-5-4-6-11(12)8-13(16)10-17;7-5-2-1-3-6(8)4-5/h4-10,12,18H,11,13-14H2,1-3H3;4-7,13,17H,8-10H2,1-3H3;1-4,8H/t18-;13-;/m00./s1. The number of phenolic OH excluding ortho intramolecular Hbond substituents is 1. The van der Waals surface area contributed by atoms with Gasteiger partial charge >= 0.3 is 12.2 Å². The van der Waals surface area contributed by atoms with E-state index < -0.39 is 17.0 Å². The van der Waals surface area contributed by atoms with Crippen molar-refractivity contribution in [1.29, 1.82) is 0 Å². The Balaban J connectivity index is 0.000000202. The van der Waals surface area contributed by atoms with Gasteiger partial charge in [-0.3, -0.25) is 9.80 Å². The SMILES string of the molecule is CC(C)(C)OC(=O)N1Cc2ccccc2C[C@H]1CO.CC(C)(C)OC(=O)N1Cc2ccccc2C[C@H]1COc1cccc(F)c1.Oc1cccc(F)c1. The highest BCUT2D eigenvalue weighted by atomic mass is 19.1.